The minimum absolute atomic E-state index is 0.460. The molecule has 0 radical (unpaired) electrons. The van der Waals surface area contributed by atoms with Crippen LogP contribution in [-0.4, -0.2) is 28.3 Å². The molecule has 3 rings (SSSR count). The summed E-state index contributed by atoms with van der Waals surface area (Å²) in [6.45, 7) is 6.98. The van der Waals surface area contributed by atoms with Crippen molar-refractivity contribution in [3.63, 3.8) is 0 Å². The Balaban J connectivity index is 1.65. The molecule has 1 saturated carbocycles. The topological polar surface area (TPSA) is 39.1 Å². The Morgan fingerprint density at radius 2 is 2.10 bits per heavy atom. The van der Waals surface area contributed by atoms with Crippen LogP contribution >= 0.6 is 0 Å². The Morgan fingerprint density at radius 1 is 1.29 bits per heavy atom. The van der Waals surface area contributed by atoms with Crippen LogP contribution in [0.25, 0.3) is 11.0 Å². The number of benzene rings is 1. The van der Waals surface area contributed by atoms with Gasteiger partial charge in [0.25, 0.3) is 0 Å². The number of hydrogen-bond donors (Lipinski definition) is 1. The minimum atomic E-state index is 0.460. The fourth-order valence-corrected chi connectivity index (χ4v) is 3.07. The lowest BCUT2D eigenvalue weighted by Gasteiger charge is -2.35. The van der Waals surface area contributed by atoms with E-state index in [-0.39, 0.29) is 0 Å². The summed E-state index contributed by atoms with van der Waals surface area (Å²) >= 11 is 0. The highest BCUT2D eigenvalue weighted by atomic mass is 16.5. The molecule has 0 saturated heterocycles. The average Bonchev–Trinajstić information content (AvgIpc) is 2.80. The number of fused-ring (bicyclic) bond motifs is 1. The van der Waals surface area contributed by atoms with Gasteiger partial charge in [-0.1, -0.05) is 19.1 Å². The molecule has 0 spiro atoms. The number of aryl methyl sites for hydroxylation is 1. The first-order valence-electron chi connectivity index (χ1n) is 8.11. The Morgan fingerprint density at radius 3 is 2.86 bits per heavy atom. The molecule has 1 aliphatic carbocycles. The molecule has 1 fully saturated rings. The molecule has 1 heterocycles. The van der Waals surface area contributed by atoms with Crippen molar-refractivity contribution < 1.29 is 4.74 Å². The van der Waals surface area contributed by atoms with Gasteiger partial charge in [0, 0.05) is 19.2 Å². The Labute approximate surface area is 126 Å². The SMILES string of the molecule is CCCn1c(CNC2CC(OCC)C2)nc2ccccc21. The molecule has 1 N–H and O–H groups in total. The molecule has 21 heavy (non-hydrogen) atoms. The monoisotopic (exact) mass is 287 g/mol. The van der Waals surface area contributed by atoms with E-state index in [1.165, 1.54) is 5.52 Å². The average molecular weight is 287 g/mol. The third-order valence-corrected chi connectivity index (χ3v) is 4.23. The van der Waals surface area contributed by atoms with Crippen LogP contribution in [0.4, 0.5) is 0 Å². The second-order valence-corrected chi connectivity index (χ2v) is 5.79. The Bertz CT molecular complexity index is 587. The summed E-state index contributed by atoms with van der Waals surface area (Å²) in [5.74, 6) is 1.15. The fourth-order valence-electron chi connectivity index (χ4n) is 3.07. The fraction of sp³-hybridized carbons (Fsp3) is 0.588. The van der Waals surface area contributed by atoms with Gasteiger partial charge in [0.2, 0.25) is 0 Å². The highest BCUT2D eigenvalue weighted by molar-refractivity contribution is 5.75. The molecule has 1 aromatic heterocycles. The van der Waals surface area contributed by atoms with Crippen LogP contribution in [0.2, 0.25) is 0 Å². The number of nitrogens with zero attached hydrogens (tertiary/aromatic N) is 2. The van der Waals surface area contributed by atoms with Crippen molar-refractivity contribution in [2.45, 2.75) is 58.3 Å². The van der Waals surface area contributed by atoms with Crippen LogP contribution < -0.4 is 5.32 Å². The molecule has 0 bridgehead atoms. The van der Waals surface area contributed by atoms with Crippen molar-refractivity contribution in [2.75, 3.05) is 6.61 Å². The lowest BCUT2D eigenvalue weighted by atomic mass is 9.89. The molecule has 0 amide bonds. The molecule has 4 heteroatoms. The third-order valence-electron chi connectivity index (χ3n) is 4.23. The molecular formula is C17H25N3O. The number of aromatic nitrogens is 2. The van der Waals surface area contributed by atoms with Gasteiger partial charge in [0.1, 0.15) is 5.82 Å². The molecule has 4 nitrogen and oxygen atoms in total. The molecule has 2 aromatic rings. The first-order valence-corrected chi connectivity index (χ1v) is 8.11. The van der Waals surface area contributed by atoms with E-state index in [0.29, 0.717) is 12.1 Å². The maximum absolute atomic E-state index is 5.61. The van der Waals surface area contributed by atoms with Crippen molar-refractivity contribution in [1.82, 2.24) is 14.9 Å². The molecule has 1 aromatic carbocycles. The van der Waals surface area contributed by atoms with Crippen LogP contribution in [0.1, 0.15) is 38.9 Å². The predicted molar refractivity (Wildman–Crippen MR) is 85.3 cm³/mol. The van der Waals surface area contributed by atoms with Crippen molar-refractivity contribution in [1.29, 1.82) is 0 Å². The second kappa shape index (κ2) is 6.58. The number of nitrogens with one attached hydrogen (secondary N) is 1. The third kappa shape index (κ3) is 3.11. The van der Waals surface area contributed by atoms with E-state index in [1.807, 2.05) is 0 Å². The first-order chi connectivity index (χ1) is 10.3. The standard InChI is InChI=1S/C17H25N3O/c1-3-9-20-16-8-6-5-7-15(16)19-17(20)12-18-13-10-14(11-13)21-4-2/h5-8,13-14,18H,3-4,9-12H2,1-2H3. The van der Waals surface area contributed by atoms with E-state index in [1.54, 1.807) is 0 Å². The highest BCUT2D eigenvalue weighted by Crippen LogP contribution is 2.24. The summed E-state index contributed by atoms with van der Waals surface area (Å²) in [7, 11) is 0. The van der Waals surface area contributed by atoms with Crippen molar-refractivity contribution in [2.24, 2.45) is 0 Å². The number of hydrogen-bond acceptors (Lipinski definition) is 3. The molecule has 1 aliphatic rings. The van der Waals surface area contributed by atoms with Gasteiger partial charge >= 0.3 is 0 Å². The van der Waals surface area contributed by atoms with Crippen LogP contribution in [0, 0.1) is 0 Å². The summed E-state index contributed by atoms with van der Waals surface area (Å²) in [5, 5.41) is 3.62. The van der Waals surface area contributed by atoms with Gasteiger partial charge in [-0.2, -0.15) is 0 Å². The molecular weight excluding hydrogens is 262 g/mol. The van der Waals surface area contributed by atoms with Crippen molar-refractivity contribution >= 4 is 11.0 Å². The lowest BCUT2D eigenvalue weighted by molar-refractivity contribution is -0.0104. The van der Waals surface area contributed by atoms with Gasteiger partial charge in [-0.15, -0.1) is 0 Å². The number of imidazole rings is 1. The van der Waals surface area contributed by atoms with Crippen LogP contribution in [0.3, 0.4) is 0 Å². The molecule has 0 atom stereocenters. The molecule has 0 unspecified atom stereocenters. The maximum atomic E-state index is 5.61. The summed E-state index contributed by atoms with van der Waals surface area (Å²) in [5.41, 5.74) is 2.35. The summed E-state index contributed by atoms with van der Waals surface area (Å²) in [4.78, 5) is 4.79. The van der Waals surface area contributed by atoms with Gasteiger partial charge in [0.15, 0.2) is 0 Å². The van der Waals surface area contributed by atoms with Gasteiger partial charge in [-0.25, -0.2) is 4.98 Å². The van der Waals surface area contributed by atoms with Gasteiger partial charge in [-0.05, 0) is 38.3 Å². The van der Waals surface area contributed by atoms with Crippen LogP contribution in [0.5, 0.6) is 0 Å². The van der Waals surface area contributed by atoms with Gasteiger partial charge < -0.3 is 14.6 Å². The van der Waals surface area contributed by atoms with Crippen molar-refractivity contribution in [3.05, 3.63) is 30.1 Å². The summed E-state index contributed by atoms with van der Waals surface area (Å²) in [6.07, 6.45) is 3.84. The largest absolute Gasteiger partial charge is 0.378 e. The Kier molecular flexibility index (Phi) is 4.56. The quantitative estimate of drug-likeness (QED) is 0.850. The van der Waals surface area contributed by atoms with Gasteiger partial charge in [-0.3, -0.25) is 0 Å². The second-order valence-electron chi connectivity index (χ2n) is 5.79. The van der Waals surface area contributed by atoms with E-state index in [4.69, 9.17) is 9.72 Å². The number of para-hydroxylation sites is 2. The Hall–Kier alpha value is -1.39. The smallest absolute Gasteiger partial charge is 0.123 e. The highest BCUT2D eigenvalue weighted by Gasteiger charge is 2.29. The minimum Gasteiger partial charge on any atom is -0.378 e. The number of ether oxygens (including phenoxy) is 1. The van der Waals surface area contributed by atoms with E-state index < -0.39 is 0 Å². The van der Waals surface area contributed by atoms with Crippen LogP contribution in [0.15, 0.2) is 24.3 Å². The maximum Gasteiger partial charge on any atom is 0.123 e. The number of rotatable bonds is 7. The summed E-state index contributed by atoms with van der Waals surface area (Å²) < 4.78 is 7.96. The predicted octanol–water partition coefficient (Wildman–Crippen LogP) is 3.10. The first kappa shape index (κ1) is 14.5. The zero-order valence-electron chi connectivity index (χ0n) is 13.0. The van der Waals surface area contributed by atoms with E-state index in [9.17, 15) is 0 Å². The van der Waals surface area contributed by atoms with Crippen molar-refractivity contribution in [3.8, 4) is 0 Å². The lowest BCUT2D eigenvalue weighted by Crippen LogP contribution is -2.45. The summed E-state index contributed by atoms with van der Waals surface area (Å²) in [6, 6.07) is 8.99. The zero-order valence-corrected chi connectivity index (χ0v) is 13.0. The van der Waals surface area contributed by atoms with Gasteiger partial charge in [0.05, 0.1) is 23.7 Å². The normalized spacial score (nSPS) is 21.6. The van der Waals surface area contributed by atoms with E-state index in [0.717, 1.165) is 50.3 Å². The molecule has 0 aliphatic heterocycles. The van der Waals surface area contributed by atoms with E-state index in [2.05, 4.69) is 48.0 Å². The molecule has 114 valence electrons. The zero-order chi connectivity index (χ0) is 14.7. The van der Waals surface area contributed by atoms with Crippen LogP contribution in [-0.2, 0) is 17.8 Å². The van der Waals surface area contributed by atoms with E-state index >= 15 is 0 Å².